The largest absolute Gasteiger partial charge is 0.396 e. The maximum atomic E-state index is 9.12. The molecule has 4 nitrogen and oxygen atoms in total. The van der Waals surface area contributed by atoms with Gasteiger partial charge >= 0.3 is 0 Å². The van der Waals surface area contributed by atoms with E-state index >= 15 is 0 Å². The van der Waals surface area contributed by atoms with Gasteiger partial charge in [-0.15, -0.1) is 11.3 Å². The molecule has 0 saturated carbocycles. The maximum absolute atomic E-state index is 9.12. The predicted octanol–water partition coefficient (Wildman–Crippen LogP) is 2.03. The lowest BCUT2D eigenvalue weighted by atomic mass is 9.99. The number of thiazole rings is 1. The molecular weight excluding hydrogens is 248 g/mol. The van der Waals surface area contributed by atoms with Crippen LogP contribution >= 0.6 is 11.3 Å². The van der Waals surface area contributed by atoms with Gasteiger partial charge in [-0.1, -0.05) is 6.42 Å². The summed E-state index contributed by atoms with van der Waals surface area (Å²) in [6.45, 7) is 2.92. The van der Waals surface area contributed by atoms with E-state index in [1.165, 1.54) is 19.3 Å². The van der Waals surface area contributed by atoms with Crippen LogP contribution in [0.15, 0.2) is 5.38 Å². The molecule has 1 aliphatic heterocycles. The predicted molar refractivity (Wildman–Crippen MR) is 72.6 cm³/mol. The quantitative estimate of drug-likeness (QED) is 0.859. The zero-order chi connectivity index (χ0) is 12.8. The Labute approximate surface area is 113 Å². The third-order valence-corrected chi connectivity index (χ3v) is 4.31. The average Bonchev–Trinajstić information content (AvgIpc) is 2.80. The molecular formula is C13H22N2O2S. The number of aliphatic hydroxyl groups excluding tert-OH is 1. The lowest BCUT2D eigenvalue weighted by Gasteiger charge is -2.35. The first-order valence-electron chi connectivity index (χ1n) is 6.60. The third-order valence-electron chi connectivity index (χ3n) is 3.44. The molecule has 1 aromatic rings. The summed E-state index contributed by atoms with van der Waals surface area (Å²) in [4.78, 5) is 7.04. The Morgan fingerprint density at radius 3 is 3.22 bits per heavy atom. The van der Waals surface area contributed by atoms with Crippen molar-refractivity contribution in [1.29, 1.82) is 0 Å². The van der Waals surface area contributed by atoms with E-state index in [2.05, 4.69) is 15.3 Å². The molecule has 2 heterocycles. The van der Waals surface area contributed by atoms with Gasteiger partial charge in [0.15, 0.2) is 0 Å². The third kappa shape index (κ3) is 3.75. The van der Waals surface area contributed by atoms with E-state index in [9.17, 15) is 0 Å². The molecule has 1 fully saturated rings. The van der Waals surface area contributed by atoms with Crippen molar-refractivity contribution < 1.29 is 9.84 Å². The number of rotatable bonds is 6. The first-order chi connectivity index (χ1) is 8.83. The van der Waals surface area contributed by atoms with Crippen LogP contribution in [0.25, 0.3) is 0 Å². The van der Waals surface area contributed by atoms with Gasteiger partial charge in [0.2, 0.25) is 0 Å². The van der Waals surface area contributed by atoms with E-state index in [0.29, 0.717) is 12.6 Å². The van der Waals surface area contributed by atoms with E-state index in [-0.39, 0.29) is 6.61 Å². The van der Waals surface area contributed by atoms with Crippen molar-refractivity contribution in [2.45, 2.75) is 44.9 Å². The molecule has 1 saturated heterocycles. The van der Waals surface area contributed by atoms with Gasteiger partial charge in [-0.3, -0.25) is 4.90 Å². The van der Waals surface area contributed by atoms with Crippen molar-refractivity contribution in [3.05, 3.63) is 16.1 Å². The molecule has 0 aliphatic carbocycles. The number of nitrogens with zero attached hydrogens (tertiary/aromatic N) is 2. The van der Waals surface area contributed by atoms with Crippen LogP contribution in [-0.2, 0) is 17.9 Å². The van der Waals surface area contributed by atoms with Crippen LogP contribution in [0.1, 0.15) is 36.4 Å². The molecule has 0 spiro atoms. The van der Waals surface area contributed by atoms with Crippen molar-refractivity contribution >= 4 is 11.3 Å². The van der Waals surface area contributed by atoms with Crippen molar-refractivity contribution in [2.75, 3.05) is 20.3 Å². The molecule has 1 unspecified atom stereocenters. The topological polar surface area (TPSA) is 45.6 Å². The minimum absolute atomic E-state index is 0.285. The monoisotopic (exact) mass is 270 g/mol. The lowest BCUT2D eigenvalue weighted by Crippen LogP contribution is -2.39. The van der Waals surface area contributed by atoms with E-state index in [1.807, 2.05) is 0 Å². The number of hydrogen-bond donors (Lipinski definition) is 1. The smallest absolute Gasteiger partial charge is 0.119 e. The molecule has 5 heteroatoms. The second kappa shape index (κ2) is 7.19. The minimum Gasteiger partial charge on any atom is -0.396 e. The summed E-state index contributed by atoms with van der Waals surface area (Å²) >= 11 is 1.67. The molecule has 2 rings (SSSR count). The van der Waals surface area contributed by atoms with Crippen molar-refractivity contribution in [1.82, 2.24) is 9.88 Å². The number of hydrogen-bond acceptors (Lipinski definition) is 5. The van der Waals surface area contributed by atoms with Gasteiger partial charge < -0.3 is 9.84 Å². The summed E-state index contributed by atoms with van der Waals surface area (Å²) in [6.07, 6.45) is 4.63. The molecule has 18 heavy (non-hydrogen) atoms. The fourth-order valence-electron chi connectivity index (χ4n) is 2.56. The number of aliphatic hydroxyl groups is 1. The second-order valence-corrected chi connectivity index (χ2v) is 5.74. The highest BCUT2D eigenvalue weighted by Gasteiger charge is 2.22. The zero-order valence-corrected chi connectivity index (χ0v) is 11.8. The van der Waals surface area contributed by atoms with Crippen LogP contribution < -0.4 is 0 Å². The highest BCUT2D eigenvalue weighted by Crippen LogP contribution is 2.22. The number of ether oxygens (including phenoxy) is 1. The molecule has 0 bridgehead atoms. The Morgan fingerprint density at radius 2 is 2.44 bits per heavy atom. The fourth-order valence-corrected chi connectivity index (χ4v) is 3.32. The van der Waals surface area contributed by atoms with E-state index in [4.69, 9.17) is 9.84 Å². The van der Waals surface area contributed by atoms with Crippen molar-refractivity contribution in [3.8, 4) is 0 Å². The first-order valence-corrected chi connectivity index (χ1v) is 7.48. The van der Waals surface area contributed by atoms with Gasteiger partial charge in [0, 0.05) is 31.7 Å². The SMILES string of the molecule is COCc1nc(CN2CCCCC2CCO)cs1. The minimum atomic E-state index is 0.285. The van der Waals surface area contributed by atoms with Crippen LogP contribution in [0.4, 0.5) is 0 Å². The summed E-state index contributed by atoms with van der Waals surface area (Å²) in [7, 11) is 1.70. The van der Waals surface area contributed by atoms with Gasteiger partial charge in [-0.2, -0.15) is 0 Å². The highest BCUT2D eigenvalue weighted by atomic mass is 32.1. The van der Waals surface area contributed by atoms with Crippen LogP contribution in [0.3, 0.4) is 0 Å². The number of likely N-dealkylation sites (tertiary alicyclic amines) is 1. The highest BCUT2D eigenvalue weighted by molar-refractivity contribution is 7.09. The molecule has 0 radical (unpaired) electrons. The fraction of sp³-hybridized carbons (Fsp3) is 0.769. The Balaban J connectivity index is 1.92. The van der Waals surface area contributed by atoms with Crippen molar-refractivity contribution in [3.63, 3.8) is 0 Å². The summed E-state index contributed by atoms with van der Waals surface area (Å²) in [5.74, 6) is 0. The summed E-state index contributed by atoms with van der Waals surface area (Å²) < 4.78 is 5.09. The lowest BCUT2D eigenvalue weighted by molar-refractivity contribution is 0.111. The second-order valence-electron chi connectivity index (χ2n) is 4.80. The molecule has 0 amide bonds. The molecule has 102 valence electrons. The Kier molecular flexibility index (Phi) is 5.56. The molecule has 1 aliphatic rings. The first kappa shape index (κ1) is 13.9. The molecule has 0 aromatic carbocycles. The molecule has 1 aromatic heterocycles. The molecule has 1 atom stereocenters. The van der Waals surface area contributed by atoms with Gasteiger partial charge in [-0.05, 0) is 25.8 Å². The van der Waals surface area contributed by atoms with Crippen LogP contribution in [0.5, 0.6) is 0 Å². The Morgan fingerprint density at radius 1 is 1.56 bits per heavy atom. The summed E-state index contributed by atoms with van der Waals surface area (Å²) in [5, 5.41) is 12.3. The normalized spacial score (nSPS) is 21.3. The Bertz CT molecular complexity index is 355. The van der Waals surface area contributed by atoms with E-state index in [0.717, 1.165) is 30.2 Å². The van der Waals surface area contributed by atoms with Gasteiger partial charge in [0.1, 0.15) is 5.01 Å². The number of piperidine rings is 1. The van der Waals surface area contributed by atoms with Crippen LogP contribution in [-0.4, -0.2) is 41.3 Å². The molecule has 1 N–H and O–H groups in total. The van der Waals surface area contributed by atoms with Gasteiger partial charge in [0.25, 0.3) is 0 Å². The Hall–Kier alpha value is -0.490. The van der Waals surface area contributed by atoms with E-state index < -0.39 is 0 Å². The van der Waals surface area contributed by atoms with Crippen molar-refractivity contribution in [2.24, 2.45) is 0 Å². The van der Waals surface area contributed by atoms with Crippen LogP contribution in [0, 0.1) is 0 Å². The zero-order valence-electron chi connectivity index (χ0n) is 11.0. The standard InChI is InChI=1S/C13H22N2O2S/c1-17-9-13-14-11(10-18-13)8-15-6-3-2-4-12(15)5-7-16/h10,12,16H,2-9H2,1H3. The maximum Gasteiger partial charge on any atom is 0.119 e. The number of aromatic nitrogens is 1. The van der Waals surface area contributed by atoms with Gasteiger partial charge in [0.05, 0.1) is 12.3 Å². The van der Waals surface area contributed by atoms with Crippen LogP contribution in [0.2, 0.25) is 0 Å². The number of methoxy groups -OCH3 is 1. The van der Waals surface area contributed by atoms with E-state index in [1.54, 1.807) is 18.4 Å². The summed E-state index contributed by atoms with van der Waals surface area (Å²) in [5.41, 5.74) is 1.14. The summed E-state index contributed by atoms with van der Waals surface area (Å²) in [6, 6.07) is 0.524. The van der Waals surface area contributed by atoms with Gasteiger partial charge in [-0.25, -0.2) is 4.98 Å². The average molecular weight is 270 g/mol.